The summed E-state index contributed by atoms with van der Waals surface area (Å²) in [4.78, 5) is 12.6. The number of sulfonamides is 1. The number of carbonyl (C=O) groups excluding carboxylic acids is 1. The molecule has 0 saturated carbocycles. The average Bonchev–Trinajstić information content (AvgIpc) is 3.04. The molecule has 0 spiro atoms. The number of nitrogens with one attached hydrogen (secondary N) is 1. The molecule has 1 amide bonds. The largest absolute Gasteiger partial charge is 0.459 e. The molecule has 1 heterocycles. The molecule has 2 aromatic carbocycles. The van der Waals surface area contributed by atoms with Crippen LogP contribution < -0.4 is 9.73 Å². The molecule has 0 fully saturated rings. The summed E-state index contributed by atoms with van der Waals surface area (Å²) in [7, 11) is -3.97. The fourth-order valence-corrected chi connectivity index (χ4v) is 4.67. The van der Waals surface area contributed by atoms with Gasteiger partial charge in [-0.25, -0.2) is 13.8 Å². The van der Waals surface area contributed by atoms with Gasteiger partial charge in [-0.15, -0.1) is 0 Å². The first kappa shape index (κ1) is 22.3. The number of anilines is 1. The first-order valence-corrected chi connectivity index (χ1v) is 11.7. The van der Waals surface area contributed by atoms with Crippen LogP contribution in [-0.2, 0) is 14.8 Å². The highest BCUT2D eigenvalue weighted by Crippen LogP contribution is 2.26. The number of hydrogen-bond donors (Lipinski definition) is 1. The fraction of sp³-hybridized carbons (Fsp3) is 0.100. The molecule has 0 unspecified atom stereocenters. The zero-order chi connectivity index (χ0) is 21.7. The lowest BCUT2D eigenvalue weighted by atomic mass is 10.3. The van der Waals surface area contributed by atoms with Gasteiger partial charge in [-0.3, -0.25) is 9.10 Å². The third-order valence-corrected chi connectivity index (χ3v) is 7.04. The lowest BCUT2D eigenvalue weighted by Gasteiger charge is -2.23. The number of aryl methyl sites for hydroxylation is 1. The van der Waals surface area contributed by atoms with Crippen molar-refractivity contribution < 1.29 is 17.6 Å². The molecule has 0 radical (unpaired) electrons. The van der Waals surface area contributed by atoms with E-state index in [2.05, 4.69) is 42.4 Å². The van der Waals surface area contributed by atoms with Crippen molar-refractivity contribution in [3.8, 4) is 0 Å². The summed E-state index contributed by atoms with van der Waals surface area (Å²) in [5.74, 6) is 0.520. The number of hydrogen-bond acceptors (Lipinski definition) is 5. The second-order valence-corrected chi connectivity index (χ2v) is 9.78. The Balaban J connectivity index is 1.83. The Labute approximate surface area is 191 Å². The topological polar surface area (TPSA) is 92.0 Å². The standard InChI is InChI=1S/C20H17Br2N3O4S/c1-14-19(22)11-17(29-14)12-23-24-20(26)13-25(16-7-5-6-15(21)10-16)30(27,28)18-8-3-2-4-9-18/h2-12H,13H2,1H3,(H,24,26)/b23-12-. The Morgan fingerprint density at radius 1 is 1.13 bits per heavy atom. The number of benzene rings is 2. The molecule has 0 aliphatic carbocycles. The monoisotopic (exact) mass is 553 g/mol. The van der Waals surface area contributed by atoms with Gasteiger partial charge in [-0.1, -0.05) is 40.2 Å². The van der Waals surface area contributed by atoms with Gasteiger partial charge in [0.15, 0.2) is 0 Å². The molecule has 156 valence electrons. The quantitative estimate of drug-likeness (QED) is 0.345. The lowest BCUT2D eigenvalue weighted by molar-refractivity contribution is -0.119. The summed E-state index contributed by atoms with van der Waals surface area (Å²) in [6, 6.07) is 16.3. The Bertz CT molecular complexity index is 1160. The van der Waals surface area contributed by atoms with Gasteiger partial charge in [0.25, 0.3) is 15.9 Å². The fourth-order valence-electron chi connectivity index (χ4n) is 2.54. The second kappa shape index (κ2) is 9.59. The van der Waals surface area contributed by atoms with E-state index in [9.17, 15) is 13.2 Å². The summed E-state index contributed by atoms with van der Waals surface area (Å²) in [5, 5.41) is 3.85. The Hall–Kier alpha value is -2.43. The molecule has 3 aromatic rings. The van der Waals surface area contributed by atoms with E-state index >= 15 is 0 Å². The predicted molar refractivity (Wildman–Crippen MR) is 122 cm³/mol. The molecule has 1 aromatic heterocycles. The van der Waals surface area contributed by atoms with Gasteiger partial charge in [0.2, 0.25) is 0 Å². The van der Waals surface area contributed by atoms with Crippen molar-refractivity contribution in [1.29, 1.82) is 0 Å². The highest BCUT2D eigenvalue weighted by molar-refractivity contribution is 9.10. The van der Waals surface area contributed by atoms with E-state index < -0.39 is 22.5 Å². The molecule has 1 N–H and O–H groups in total. The van der Waals surface area contributed by atoms with Crippen LogP contribution in [-0.4, -0.2) is 27.1 Å². The van der Waals surface area contributed by atoms with Crippen molar-refractivity contribution in [3.05, 3.63) is 81.1 Å². The van der Waals surface area contributed by atoms with Crippen molar-refractivity contribution in [2.45, 2.75) is 11.8 Å². The highest BCUT2D eigenvalue weighted by Gasteiger charge is 2.27. The molecule has 3 rings (SSSR count). The minimum absolute atomic E-state index is 0.0807. The minimum Gasteiger partial charge on any atom is -0.459 e. The van der Waals surface area contributed by atoms with Crippen molar-refractivity contribution in [2.75, 3.05) is 10.8 Å². The van der Waals surface area contributed by atoms with E-state index in [1.807, 2.05) is 0 Å². The van der Waals surface area contributed by atoms with Crippen molar-refractivity contribution in [3.63, 3.8) is 0 Å². The van der Waals surface area contributed by atoms with Gasteiger partial charge in [0.05, 0.1) is 21.3 Å². The molecule has 0 aliphatic heterocycles. The Morgan fingerprint density at radius 2 is 1.87 bits per heavy atom. The summed E-state index contributed by atoms with van der Waals surface area (Å²) < 4.78 is 34.3. The van der Waals surface area contributed by atoms with Crippen LogP contribution in [0.5, 0.6) is 0 Å². The van der Waals surface area contributed by atoms with Crippen LogP contribution in [0.3, 0.4) is 0 Å². The van der Waals surface area contributed by atoms with Gasteiger partial charge in [0.1, 0.15) is 18.1 Å². The first-order chi connectivity index (χ1) is 14.3. The maximum absolute atomic E-state index is 13.2. The summed E-state index contributed by atoms with van der Waals surface area (Å²) in [6.45, 7) is 1.33. The summed E-state index contributed by atoms with van der Waals surface area (Å²) >= 11 is 6.66. The number of furan rings is 1. The van der Waals surface area contributed by atoms with Crippen molar-refractivity contribution in [1.82, 2.24) is 5.43 Å². The van der Waals surface area contributed by atoms with Crippen LogP contribution in [0.25, 0.3) is 0 Å². The highest BCUT2D eigenvalue weighted by atomic mass is 79.9. The van der Waals surface area contributed by atoms with E-state index in [1.54, 1.807) is 55.5 Å². The van der Waals surface area contributed by atoms with Crippen molar-refractivity contribution in [2.24, 2.45) is 5.10 Å². The van der Waals surface area contributed by atoms with Crippen LogP contribution >= 0.6 is 31.9 Å². The van der Waals surface area contributed by atoms with Crippen LogP contribution in [0, 0.1) is 6.92 Å². The zero-order valence-corrected chi connectivity index (χ0v) is 19.7. The predicted octanol–water partition coefficient (Wildman–Crippen LogP) is 4.46. The molecule has 0 atom stereocenters. The van der Waals surface area contributed by atoms with E-state index in [-0.39, 0.29) is 4.90 Å². The van der Waals surface area contributed by atoms with E-state index in [4.69, 9.17) is 4.42 Å². The smallest absolute Gasteiger partial charge is 0.264 e. The minimum atomic E-state index is -3.97. The van der Waals surface area contributed by atoms with E-state index in [1.165, 1.54) is 18.3 Å². The van der Waals surface area contributed by atoms with E-state index in [0.29, 0.717) is 21.7 Å². The summed E-state index contributed by atoms with van der Waals surface area (Å²) in [5.41, 5.74) is 2.68. The van der Waals surface area contributed by atoms with Crippen molar-refractivity contribution >= 4 is 59.7 Å². The van der Waals surface area contributed by atoms with Crippen LogP contribution in [0.4, 0.5) is 5.69 Å². The molecule has 0 aliphatic rings. The Morgan fingerprint density at radius 3 is 2.50 bits per heavy atom. The normalized spacial score (nSPS) is 11.6. The SMILES string of the molecule is Cc1oc(/C=N\NC(=O)CN(c2cccc(Br)c2)S(=O)(=O)c2ccccc2)cc1Br. The van der Waals surface area contributed by atoms with Crippen LogP contribution in [0.1, 0.15) is 11.5 Å². The second-order valence-electron chi connectivity index (χ2n) is 6.15. The van der Waals surface area contributed by atoms with Gasteiger partial charge >= 0.3 is 0 Å². The molecule has 30 heavy (non-hydrogen) atoms. The summed E-state index contributed by atoms with van der Waals surface area (Å²) in [6.07, 6.45) is 1.34. The van der Waals surface area contributed by atoms with E-state index in [0.717, 1.165) is 8.78 Å². The lowest BCUT2D eigenvalue weighted by Crippen LogP contribution is -2.39. The number of rotatable bonds is 7. The van der Waals surface area contributed by atoms with Crippen LogP contribution in [0.15, 0.2) is 84.0 Å². The molecule has 0 saturated heterocycles. The Kier molecular flexibility index (Phi) is 7.11. The molecule has 10 heteroatoms. The molecule has 0 bridgehead atoms. The first-order valence-electron chi connectivity index (χ1n) is 8.68. The third kappa shape index (κ3) is 5.38. The van der Waals surface area contributed by atoms with Gasteiger partial charge in [-0.2, -0.15) is 5.10 Å². The average molecular weight is 555 g/mol. The van der Waals surface area contributed by atoms with Crippen LogP contribution in [0.2, 0.25) is 0 Å². The number of amides is 1. The number of carbonyl (C=O) groups is 1. The molecular formula is C20H17Br2N3O4S. The number of nitrogens with zero attached hydrogens (tertiary/aromatic N) is 2. The molecular weight excluding hydrogens is 538 g/mol. The van der Waals surface area contributed by atoms with Gasteiger partial charge in [-0.05, 0) is 53.2 Å². The maximum atomic E-state index is 13.2. The van der Waals surface area contributed by atoms with Gasteiger partial charge in [0, 0.05) is 10.5 Å². The van der Waals surface area contributed by atoms with Gasteiger partial charge < -0.3 is 4.42 Å². The number of halogens is 2. The zero-order valence-electron chi connectivity index (χ0n) is 15.7. The third-order valence-electron chi connectivity index (χ3n) is 3.97. The maximum Gasteiger partial charge on any atom is 0.264 e. The number of hydrazone groups is 1. The molecule has 7 nitrogen and oxygen atoms in total.